The quantitative estimate of drug-likeness (QED) is 0.432. The van der Waals surface area contributed by atoms with Crippen molar-refractivity contribution in [2.24, 2.45) is 0 Å². The molecule has 11 heteroatoms. The van der Waals surface area contributed by atoms with E-state index >= 15 is 0 Å². The number of ether oxygens (including phenoxy) is 2. The molecule has 4 rings (SSSR count). The van der Waals surface area contributed by atoms with Crippen LogP contribution >= 0.6 is 11.6 Å². The van der Waals surface area contributed by atoms with Gasteiger partial charge in [0.2, 0.25) is 16.0 Å². The van der Waals surface area contributed by atoms with Crippen LogP contribution in [0.15, 0.2) is 48.7 Å². The number of hydrogen-bond acceptors (Lipinski definition) is 8. The Bertz CT molecular complexity index is 1400. The molecule has 0 unspecified atom stereocenters. The first-order valence-corrected chi connectivity index (χ1v) is 13.5. The van der Waals surface area contributed by atoms with E-state index in [9.17, 15) is 13.7 Å². The predicted molar refractivity (Wildman–Crippen MR) is 137 cm³/mol. The number of nitrogens with zero attached hydrogens (tertiary/aromatic N) is 3. The Morgan fingerprint density at radius 2 is 1.92 bits per heavy atom. The fraction of sp³-hybridized carbons (Fsp3) is 0.320. The molecule has 0 aliphatic carbocycles. The Balaban J connectivity index is 1.47. The number of anilines is 1. The van der Waals surface area contributed by atoms with E-state index in [4.69, 9.17) is 21.1 Å². The molecule has 2 heterocycles. The molecule has 9 nitrogen and oxygen atoms in total. The van der Waals surface area contributed by atoms with Crippen LogP contribution in [-0.2, 0) is 22.0 Å². The molecular formula is C25H26ClN5O4S. The van der Waals surface area contributed by atoms with Crippen LogP contribution in [-0.4, -0.2) is 43.8 Å². The molecule has 1 aromatic heterocycles. The van der Waals surface area contributed by atoms with Crippen LogP contribution in [0.4, 0.5) is 5.95 Å². The average molecular weight is 528 g/mol. The molecule has 36 heavy (non-hydrogen) atoms. The van der Waals surface area contributed by atoms with Crippen molar-refractivity contribution in [2.75, 3.05) is 24.1 Å². The Labute approximate surface area is 215 Å². The molecule has 2 aromatic carbocycles. The lowest BCUT2D eigenvalue weighted by molar-refractivity contribution is 0.142. The third-order valence-corrected chi connectivity index (χ3v) is 6.70. The molecule has 0 radical (unpaired) electrons. The third kappa shape index (κ3) is 6.05. The minimum Gasteiger partial charge on any atom is -0.487 e. The summed E-state index contributed by atoms with van der Waals surface area (Å²) in [7, 11) is -3.47. The zero-order chi connectivity index (χ0) is 25.9. The van der Waals surface area contributed by atoms with Crippen molar-refractivity contribution in [1.82, 2.24) is 15.3 Å². The number of hydrogen-bond donors (Lipinski definition) is 2. The molecule has 1 aliphatic rings. The van der Waals surface area contributed by atoms with E-state index in [1.807, 2.05) is 36.4 Å². The largest absolute Gasteiger partial charge is 0.487 e. The van der Waals surface area contributed by atoms with Gasteiger partial charge in [-0.2, -0.15) is 5.26 Å². The highest BCUT2D eigenvalue weighted by Gasteiger charge is 2.27. The standard InChI is InChI=1S/C25H26ClN5O4S/c1-25(2,18-10-16(12-27)23(22(26)11-18)35-21-13-28-14-21)17-4-6-20(7-5-17)34-15-19-8-9-29-24(30-19)31-36(3,32)33/h4-11,21,28H,13-15H2,1-3H3,(H,29,30,31). The maximum absolute atomic E-state index is 11.4. The van der Waals surface area contributed by atoms with E-state index in [-0.39, 0.29) is 18.7 Å². The van der Waals surface area contributed by atoms with E-state index in [1.54, 1.807) is 6.07 Å². The average Bonchev–Trinajstić information content (AvgIpc) is 2.79. The first kappa shape index (κ1) is 25.7. The van der Waals surface area contributed by atoms with E-state index in [2.05, 4.69) is 39.9 Å². The van der Waals surface area contributed by atoms with Gasteiger partial charge in [-0.15, -0.1) is 0 Å². The van der Waals surface area contributed by atoms with Crippen molar-refractivity contribution in [3.05, 3.63) is 76.1 Å². The molecule has 0 saturated carbocycles. The molecular weight excluding hydrogens is 502 g/mol. The second kappa shape index (κ2) is 10.3. The SMILES string of the molecule is CC(C)(c1ccc(OCc2ccnc(NS(C)(=O)=O)n2)cc1)c1cc(Cl)c(OC2CNC2)c(C#N)c1. The van der Waals surface area contributed by atoms with Crippen molar-refractivity contribution in [3.63, 3.8) is 0 Å². The lowest BCUT2D eigenvalue weighted by atomic mass is 9.77. The van der Waals surface area contributed by atoms with Crippen LogP contribution in [0, 0.1) is 11.3 Å². The monoisotopic (exact) mass is 527 g/mol. The normalized spacial score (nSPS) is 14.0. The summed E-state index contributed by atoms with van der Waals surface area (Å²) >= 11 is 6.54. The summed E-state index contributed by atoms with van der Waals surface area (Å²) in [5.41, 5.74) is 2.40. The highest BCUT2D eigenvalue weighted by molar-refractivity contribution is 7.91. The third-order valence-electron chi connectivity index (χ3n) is 5.87. The first-order chi connectivity index (χ1) is 17.0. The van der Waals surface area contributed by atoms with Gasteiger partial charge >= 0.3 is 0 Å². The summed E-state index contributed by atoms with van der Waals surface area (Å²) in [5, 5.41) is 13.3. The predicted octanol–water partition coefficient (Wildman–Crippen LogP) is 3.63. The minimum absolute atomic E-state index is 0.00753. The van der Waals surface area contributed by atoms with Crippen LogP contribution in [0.5, 0.6) is 11.5 Å². The minimum atomic E-state index is -3.47. The highest BCUT2D eigenvalue weighted by atomic mass is 35.5. The highest BCUT2D eigenvalue weighted by Crippen LogP contribution is 2.39. The summed E-state index contributed by atoms with van der Waals surface area (Å²) in [6.45, 7) is 5.73. The van der Waals surface area contributed by atoms with Crippen molar-refractivity contribution in [1.29, 1.82) is 5.26 Å². The number of aromatic nitrogens is 2. The summed E-state index contributed by atoms with van der Waals surface area (Å²) < 4.78 is 36.7. The second-order valence-corrected chi connectivity index (χ2v) is 11.2. The molecule has 0 atom stereocenters. The van der Waals surface area contributed by atoms with Gasteiger partial charge in [0.25, 0.3) is 0 Å². The van der Waals surface area contributed by atoms with E-state index in [1.165, 1.54) is 6.20 Å². The van der Waals surface area contributed by atoms with Gasteiger partial charge in [0.15, 0.2) is 5.75 Å². The lowest BCUT2D eigenvalue weighted by Gasteiger charge is -2.30. The van der Waals surface area contributed by atoms with Gasteiger partial charge in [-0.25, -0.2) is 18.4 Å². The van der Waals surface area contributed by atoms with Gasteiger partial charge in [0.05, 0.1) is 22.5 Å². The van der Waals surface area contributed by atoms with Crippen LogP contribution < -0.4 is 19.5 Å². The summed E-state index contributed by atoms with van der Waals surface area (Å²) in [6.07, 6.45) is 2.52. The van der Waals surface area contributed by atoms with Crippen LogP contribution in [0.3, 0.4) is 0 Å². The summed E-state index contributed by atoms with van der Waals surface area (Å²) in [5.74, 6) is 1.04. The maximum atomic E-state index is 11.4. The zero-order valence-corrected chi connectivity index (χ0v) is 21.7. The number of rotatable bonds is 9. The molecule has 1 aliphatic heterocycles. The molecule has 0 amide bonds. The van der Waals surface area contributed by atoms with Crippen LogP contribution in [0.2, 0.25) is 5.02 Å². The maximum Gasteiger partial charge on any atom is 0.236 e. The Hall–Kier alpha value is -3.39. The molecule has 0 spiro atoms. The van der Waals surface area contributed by atoms with E-state index in [0.29, 0.717) is 27.8 Å². The van der Waals surface area contributed by atoms with Crippen molar-refractivity contribution in [3.8, 4) is 17.6 Å². The van der Waals surface area contributed by atoms with Crippen molar-refractivity contribution >= 4 is 27.6 Å². The zero-order valence-electron chi connectivity index (χ0n) is 20.1. The number of sulfonamides is 1. The van der Waals surface area contributed by atoms with Crippen LogP contribution in [0.25, 0.3) is 0 Å². The summed E-state index contributed by atoms with van der Waals surface area (Å²) in [6, 6.07) is 15.2. The Morgan fingerprint density at radius 1 is 1.19 bits per heavy atom. The van der Waals surface area contributed by atoms with Crippen LogP contribution in [0.1, 0.15) is 36.2 Å². The molecule has 1 saturated heterocycles. The Morgan fingerprint density at radius 3 is 2.53 bits per heavy atom. The number of nitrogens with one attached hydrogen (secondary N) is 2. The number of nitriles is 1. The van der Waals surface area contributed by atoms with Gasteiger partial charge in [0.1, 0.15) is 24.5 Å². The molecule has 188 valence electrons. The Kier molecular flexibility index (Phi) is 7.36. The van der Waals surface area contributed by atoms with E-state index in [0.717, 1.165) is 30.5 Å². The van der Waals surface area contributed by atoms with Gasteiger partial charge < -0.3 is 14.8 Å². The van der Waals surface area contributed by atoms with Crippen molar-refractivity contribution < 1.29 is 17.9 Å². The van der Waals surface area contributed by atoms with Gasteiger partial charge in [-0.3, -0.25) is 4.72 Å². The second-order valence-electron chi connectivity index (χ2n) is 9.03. The number of benzene rings is 2. The molecule has 3 aromatic rings. The summed E-state index contributed by atoms with van der Waals surface area (Å²) in [4.78, 5) is 8.04. The molecule has 2 N–H and O–H groups in total. The smallest absolute Gasteiger partial charge is 0.236 e. The number of halogens is 1. The topological polar surface area (TPSA) is 126 Å². The van der Waals surface area contributed by atoms with Gasteiger partial charge in [-0.1, -0.05) is 37.6 Å². The fourth-order valence-electron chi connectivity index (χ4n) is 3.65. The lowest BCUT2D eigenvalue weighted by Crippen LogP contribution is -2.50. The molecule has 0 bridgehead atoms. The molecule has 1 fully saturated rings. The van der Waals surface area contributed by atoms with E-state index < -0.39 is 15.4 Å². The first-order valence-electron chi connectivity index (χ1n) is 11.2. The fourth-order valence-corrected chi connectivity index (χ4v) is 4.35. The van der Waals surface area contributed by atoms with Gasteiger partial charge in [-0.05, 0) is 41.5 Å². The van der Waals surface area contributed by atoms with Gasteiger partial charge in [0, 0.05) is 24.7 Å². The van der Waals surface area contributed by atoms with Crippen molar-refractivity contribution in [2.45, 2.75) is 32.0 Å².